The van der Waals surface area contributed by atoms with Gasteiger partial charge in [-0.05, 0) is 54.6 Å². The van der Waals surface area contributed by atoms with Crippen LogP contribution in [0.4, 0.5) is 10.1 Å². The maximum absolute atomic E-state index is 13.0. The van der Waals surface area contributed by atoms with E-state index in [2.05, 4.69) is 39.9 Å². The molecule has 0 aliphatic rings. The van der Waals surface area contributed by atoms with Gasteiger partial charge in [0.1, 0.15) is 5.82 Å². The molecule has 1 aromatic heterocycles. The van der Waals surface area contributed by atoms with E-state index in [1.54, 1.807) is 10.7 Å². The van der Waals surface area contributed by atoms with Gasteiger partial charge >= 0.3 is 0 Å². The Kier molecular flexibility index (Phi) is 3.89. The van der Waals surface area contributed by atoms with Crippen LogP contribution >= 0.6 is 22.6 Å². The zero-order chi connectivity index (χ0) is 13.3. The van der Waals surface area contributed by atoms with Crippen molar-refractivity contribution in [2.24, 2.45) is 7.05 Å². The van der Waals surface area contributed by atoms with Crippen molar-refractivity contribution in [1.29, 1.82) is 0 Å². The van der Waals surface area contributed by atoms with Crippen LogP contribution in [0.25, 0.3) is 0 Å². The molecule has 2 rings (SSSR count). The molecular weight excluding hydrogens is 344 g/mol. The Labute approximate surface area is 120 Å². The van der Waals surface area contributed by atoms with Crippen molar-refractivity contribution < 1.29 is 4.39 Å². The molecule has 0 saturated carbocycles. The monoisotopic (exact) mass is 359 g/mol. The number of halogens is 2. The first-order valence-electron chi connectivity index (χ1n) is 5.69. The van der Waals surface area contributed by atoms with Crippen LogP contribution in [0.2, 0.25) is 0 Å². The topological polar surface area (TPSA) is 29.9 Å². The van der Waals surface area contributed by atoms with Crippen LogP contribution in [-0.2, 0) is 7.05 Å². The average Bonchev–Trinajstić information content (AvgIpc) is 2.62. The minimum atomic E-state index is -0.213. The molecule has 3 nitrogen and oxygen atoms in total. The van der Waals surface area contributed by atoms with E-state index in [9.17, 15) is 4.39 Å². The van der Waals surface area contributed by atoms with Gasteiger partial charge in [-0.15, -0.1) is 0 Å². The van der Waals surface area contributed by atoms with Crippen LogP contribution < -0.4 is 5.32 Å². The summed E-state index contributed by atoms with van der Waals surface area (Å²) in [6, 6.07) is 4.89. The lowest BCUT2D eigenvalue weighted by molar-refractivity contribution is 0.627. The van der Waals surface area contributed by atoms with Gasteiger partial charge in [0.15, 0.2) is 0 Å². The van der Waals surface area contributed by atoms with Crippen molar-refractivity contribution in [2.45, 2.75) is 19.9 Å². The van der Waals surface area contributed by atoms with Crippen LogP contribution in [0.3, 0.4) is 0 Å². The number of hydrogen-bond donors (Lipinski definition) is 1. The van der Waals surface area contributed by atoms with Gasteiger partial charge in [0.2, 0.25) is 0 Å². The van der Waals surface area contributed by atoms with Crippen LogP contribution in [0, 0.1) is 16.3 Å². The second-order valence-corrected chi connectivity index (χ2v) is 5.50. The smallest absolute Gasteiger partial charge is 0.124 e. The lowest BCUT2D eigenvalue weighted by atomic mass is 10.1. The van der Waals surface area contributed by atoms with Gasteiger partial charge in [-0.1, -0.05) is 0 Å². The SMILES string of the molecule is Cc1nn(C)cc1C(C)Nc1ccc(F)cc1I. The molecule has 0 amide bonds. The van der Waals surface area contributed by atoms with E-state index in [-0.39, 0.29) is 11.9 Å². The van der Waals surface area contributed by atoms with Crippen molar-refractivity contribution in [3.05, 3.63) is 45.0 Å². The van der Waals surface area contributed by atoms with Crippen LogP contribution in [0.5, 0.6) is 0 Å². The van der Waals surface area contributed by atoms with E-state index in [0.29, 0.717) is 0 Å². The zero-order valence-electron chi connectivity index (χ0n) is 10.5. The summed E-state index contributed by atoms with van der Waals surface area (Å²) in [5, 5.41) is 7.71. The zero-order valence-corrected chi connectivity index (χ0v) is 12.7. The summed E-state index contributed by atoms with van der Waals surface area (Å²) in [6.07, 6.45) is 2.00. The molecule has 2 aromatic rings. The largest absolute Gasteiger partial charge is 0.378 e. The molecule has 0 aliphatic carbocycles. The highest BCUT2D eigenvalue weighted by molar-refractivity contribution is 14.1. The van der Waals surface area contributed by atoms with Crippen molar-refractivity contribution in [1.82, 2.24) is 9.78 Å². The molecule has 0 fully saturated rings. The standard InChI is InChI=1S/C13H15FIN3/c1-8(11-7-18(3)17-9(11)2)16-13-5-4-10(14)6-12(13)15/h4-8,16H,1-3H3. The van der Waals surface area contributed by atoms with Crippen molar-refractivity contribution in [3.63, 3.8) is 0 Å². The molecule has 0 spiro atoms. The fraction of sp³-hybridized carbons (Fsp3) is 0.308. The fourth-order valence-corrected chi connectivity index (χ4v) is 2.59. The number of nitrogens with one attached hydrogen (secondary N) is 1. The van der Waals surface area contributed by atoms with Gasteiger partial charge in [0.25, 0.3) is 0 Å². The molecule has 0 radical (unpaired) electrons. The Morgan fingerprint density at radius 3 is 2.72 bits per heavy atom. The molecule has 96 valence electrons. The van der Waals surface area contributed by atoms with Gasteiger partial charge < -0.3 is 5.32 Å². The van der Waals surface area contributed by atoms with E-state index in [1.807, 2.05) is 20.2 Å². The molecule has 1 atom stereocenters. The number of aryl methyl sites for hydroxylation is 2. The second-order valence-electron chi connectivity index (χ2n) is 4.33. The molecule has 1 aromatic carbocycles. The van der Waals surface area contributed by atoms with Gasteiger partial charge in [0, 0.05) is 28.1 Å². The molecule has 1 heterocycles. The number of hydrogen-bond acceptors (Lipinski definition) is 2. The highest BCUT2D eigenvalue weighted by Crippen LogP contribution is 2.25. The lowest BCUT2D eigenvalue weighted by Crippen LogP contribution is -2.08. The molecule has 0 bridgehead atoms. The van der Waals surface area contributed by atoms with E-state index >= 15 is 0 Å². The average molecular weight is 359 g/mol. The second kappa shape index (κ2) is 5.26. The number of benzene rings is 1. The minimum Gasteiger partial charge on any atom is -0.378 e. The fourth-order valence-electron chi connectivity index (χ4n) is 1.96. The van der Waals surface area contributed by atoms with Crippen molar-refractivity contribution in [3.8, 4) is 0 Å². The summed E-state index contributed by atoms with van der Waals surface area (Å²) in [7, 11) is 1.91. The predicted octanol–water partition coefficient (Wildman–Crippen LogP) is 3.65. The Hall–Kier alpha value is -1.11. The summed E-state index contributed by atoms with van der Waals surface area (Å²) in [4.78, 5) is 0. The van der Waals surface area contributed by atoms with E-state index in [4.69, 9.17) is 0 Å². The third-order valence-electron chi connectivity index (χ3n) is 2.82. The normalized spacial score (nSPS) is 12.5. The molecular formula is C13H15FIN3. The highest BCUT2D eigenvalue weighted by Gasteiger charge is 2.12. The Morgan fingerprint density at radius 1 is 1.44 bits per heavy atom. The van der Waals surface area contributed by atoms with Gasteiger partial charge in [-0.25, -0.2) is 4.39 Å². The maximum atomic E-state index is 13.0. The molecule has 18 heavy (non-hydrogen) atoms. The lowest BCUT2D eigenvalue weighted by Gasteiger charge is -2.16. The van der Waals surface area contributed by atoms with E-state index in [1.165, 1.54) is 12.1 Å². The minimum absolute atomic E-state index is 0.137. The number of rotatable bonds is 3. The first-order valence-corrected chi connectivity index (χ1v) is 6.77. The van der Waals surface area contributed by atoms with Crippen LogP contribution in [0.1, 0.15) is 24.2 Å². The molecule has 0 saturated heterocycles. The number of anilines is 1. The quantitative estimate of drug-likeness (QED) is 0.848. The molecule has 1 N–H and O–H groups in total. The van der Waals surface area contributed by atoms with E-state index < -0.39 is 0 Å². The van der Waals surface area contributed by atoms with E-state index in [0.717, 1.165) is 20.5 Å². The summed E-state index contributed by atoms with van der Waals surface area (Å²) in [5.41, 5.74) is 3.10. The van der Waals surface area contributed by atoms with Crippen LogP contribution in [0.15, 0.2) is 24.4 Å². The Morgan fingerprint density at radius 2 is 2.17 bits per heavy atom. The number of nitrogens with zero attached hydrogens (tertiary/aromatic N) is 2. The third kappa shape index (κ3) is 2.82. The Bertz CT molecular complexity index is 565. The molecule has 5 heteroatoms. The highest BCUT2D eigenvalue weighted by atomic mass is 127. The molecule has 1 unspecified atom stereocenters. The summed E-state index contributed by atoms with van der Waals surface area (Å²) < 4.78 is 15.7. The summed E-state index contributed by atoms with van der Waals surface area (Å²) >= 11 is 2.13. The number of aromatic nitrogens is 2. The molecule has 0 aliphatic heterocycles. The van der Waals surface area contributed by atoms with Crippen molar-refractivity contribution >= 4 is 28.3 Å². The van der Waals surface area contributed by atoms with Crippen molar-refractivity contribution in [2.75, 3.05) is 5.32 Å². The first kappa shape index (κ1) is 13.3. The van der Waals surface area contributed by atoms with Gasteiger partial charge in [-0.2, -0.15) is 5.10 Å². The predicted molar refractivity (Wildman–Crippen MR) is 79.1 cm³/mol. The van der Waals surface area contributed by atoms with Gasteiger partial charge in [0.05, 0.1) is 11.7 Å². The summed E-state index contributed by atoms with van der Waals surface area (Å²) in [5.74, 6) is -0.213. The Balaban J connectivity index is 2.21. The summed E-state index contributed by atoms with van der Waals surface area (Å²) in [6.45, 7) is 4.06. The first-order chi connectivity index (χ1) is 8.47. The van der Waals surface area contributed by atoms with Crippen LogP contribution in [-0.4, -0.2) is 9.78 Å². The van der Waals surface area contributed by atoms with Gasteiger partial charge in [-0.3, -0.25) is 4.68 Å². The third-order valence-corrected chi connectivity index (χ3v) is 3.71. The maximum Gasteiger partial charge on any atom is 0.124 e.